The quantitative estimate of drug-likeness (QED) is 0.625. The number of carbonyl (C=O) groups excluding carboxylic acids is 1. The third kappa shape index (κ3) is 4.44. The maximum Gasteiger partial charge on any atom is 0.319 e. The van der Waals surface area contributed by atoms with Crippen LogP contribution < -0.4 is 10.6 Å². The van der Waals surface area contributed by atoms with Crippen molar-refractivity contribution in [1.82, 2.24) is 30.6 Å². The van der Waals surface area contributed by atoms with Crippen molar-refractivity contribution >= 4 is 11.7 Å². The van der Waals surface area contributed by atoms with Crippen LogP contribution in [-0.4, -0.2) is 31.4 Å². The van der Waals surface area contributed by atoms with Gasteiger partial charge in [0.05, 0.1) is 0 Å². The number of hydrogen-bond donors (Lipinski definition) is 3. The summed E-state index contributed by atoms with van der Waals surface area (Å²) in [5.74, 6) is 1.35. The molecule has 3 aromatic rings. The highest BCUT2D eigenvalue weighted by Gasteiger charge is 2.23. The van der Waals surface area contributed by atoms with E-state index in [-0.39, 0.29) is 6.03 Å². The van der Waals surface area contributed by atoms with Crippen LogP contribution in [0.3, 0.4) is 0 Å². The van der Waals surface area contributed by atoms with Gasteiger partial charge in [-0.15, -0.1) is 0 Å². The lowest BCUT2D eigenvalue weighted by Crippen LogP contribution is -2.33. The molecule has 0 unspecified atom stereocenters. The maximum absolute atomic E-state index is 12.4. The fourth-order valence-electron chi connectivity index (χ4n) is 2.44. The van der Waals surface area contributed by atoms with Gasteiger partial charge in [0.2, 0.25) is 11.7 Å². The Morgan fingerprint density at radius 2 is 2.04 bits per heavy atom. The second-order valence-electron chi connectivity index (χ2n) is 6.44. The van der Waals surface area contributed by atoms with Gasteiger partial charge in [-0.05, 0) is 31.4 Å². The number of carbonyl (C=O) groups is 1. The van der Waals surface area contributed by atoms with E-state index in [4.69, 9.17) is 4.52 Å². The van der Waals surface area contributed by atoms with Crippen LogP contribution in [0.2, 0.25) is 0 Å². The summed E-state index contributed by atoms with van der Waals surface area (Å²) in [6.45, 7) is 6.10. The molecule has 9 nitrogen and oxygen atoms in total. The molecule has 0 aliphatic carbocycles. The van der Waals surface area contributed by atoms with E-state index in [2.05, 4.69) is 49.8 Å². The summed E-state index contributed by atoms with van der Waals surface area (Å²) in [6.07, 6.45) is 2.02. The summed E-state index contributed by atoms with van der Waals surface area (Å²) in [5, 5.41) is 16.0. The second-order valence-corrected chi connectivity index (χ2v) is 6.44. The highest BCUT2D eigenvalue weighted by Crippen LogP contribution is 2.22. The SMILES string of the molecule is Cc1ccc(NC(=O)N[C@H](CC(C)C)c2nc(-c3ncn[nH]3)no2)cc1. The molecule has 2 aromatic heterocycles. The molecule has 3 rings (SSSR count). The summed E-state index contributed by atoms with van der Waals surface area (Å²) in [5.41, 5.74) is 1.84. The van der Waals surface area contributed by atoms with Crippen molar-refractivity contribution in [3.63, 3.8) is 0 Å². The van der Waals surface area contributed by atoms with Crippen LogP contribution in [0.25, 0.3) is 11.6 Å². The van der Waals surface area contributed by atoms with Gasteiger partial charge in [0, 0.05) is 5.69 Å². The molecule has 0 aliphatic heterocycles. The van der Waals surface area contributed by atoms with Gasteiger partial charge in [-0.25, -0.2) is 9.78 Å². The van der Waals surface area contributed by atoms with Crippen LogP contribution in [0.4, 0.5) is 10.5 Å². The molecule has 136 valence electrons. The molecule has 1 aromatic carbocycles. The van der Waals surface area contributed by atoms with Gasteiger partial charge in [0.1, 0.15) is 12.4 Å². The van der Waals surface area contributed by atoms with Crippen molar-refractivity contribution in [2.45, 2.75) is 33.2 Å². The van der Waals surface area contributed by atoms with Crippen LogP contribution in [0.1, 0.15) is 37.8 Å². The van der Waals surface area contributed by atoms with Crippen LogP contribution in [-0.2, 0) is 0 Å². The molecule has 0 saturated heterocycles. The van der Waals surface area contributed by atoms with E-state index in [9.17, 15) is 4.79 Å². The van der Waals surface area contributed by atoms with Crippen LogP contribution >= 0.6 is 0 Å². The Morgan fingerprint density at radius 3 is 2.69 bits per heavy atom. The number of aromatic nitrogens is 5. The first-order valence-electron chi connectivity index (χ1n) is 8.35. The normalized spacial score (nSPS) is 12.2. The summed E-state index contributed by atoms with van der Waals surface area (Å²) < 4.78 is 5.33. The first kappa shape index (κ1) is 17.6. The molecule has 26 heavy (non-hydrogen) atoms. The predicted octanol–water partition coefficient (Wildman–Crippen LogP) is 3.07. The molecule has 0 radical (unpaired) electrons. The summed E-state index contributed by atoms with van der Waals surface area (Å²) in [7, 11) is 0. The van der Waals surface area contributed by atoms with Crippen molar-refractivity contribution < 1.29 is 9.32 Å². The second kappa shape index (κ2) is 7.77. The highest BCUT2D eigenvalue weighted by atomic mass is 16.5. The average Bonchev–Trinajstić information content (AvgIpc) is 3.27. The molecule has 0 fully saturated rings. The fourth-order valence-corrected chi connectivity index (χ4v) is 2.44. The molecule has 0 spiro atoms. The zero-order valence-corrected chi connectivity index (χ0v) is 14.9. The zero-order chi connectivity index (χ0) is 18.5. The van der Waals surface area contributed by atoms with Crippen molar-refractivity contribution in [3.8, 4) is 11.6 Å². The van der Waals surface area contributed by atoms with Crippen LogP contribution in [0.15, 0.2) is 35.1 Å². The number of amides is 2. The van der Waals surface area contributed by atoms with E-state index in [1.165, 1.54) is 6.33 Å². The van der Waals surface area contributed by atoms with Gasteiger partial charge in [-0.2, -0.15) is 10.1 Å². The van der Waals surface area contributed by atoms with Crippen molar-refractivity contribution in [2.24, 2.45) is 5.92 Å². The third-order valence-corrected chi connectivity index (χ3v) is 3.69. The first-order chi connectivity index (χ1) is 12.5. The Balaban J connectivity index is 1.71. The largest absolute Gasteiger partial charge is 0.337 e. The van der Waals surface area contributed by atoms with Gasteiger partial charge >= 0.3 is 6.03 Å². The minimum Gasteiger partial charge on any atom is -0.337 e. The first-order valence-corrected chi connectivity index (χ1v) is 8.35. The minimum atomic E-state index is -0.412. The van der Waals surface area contributed by atoms with E-state index in [1.807, 2.05) is 31.2 Å². The molecular formula is C17H21N7O2. The maximum atomic E-state index is 12.4. The lowest BCUT2D eigenvalue weighted by molar-refractivity contribution is 0.240. The predicted molar refractivity (Wildman–Crippen MR) is 95.2 cm³/mol. The Kier molecular flexibility index (Phi) is 5.26. The van der Waals surface area contributed by atoms with Gasteiger partial charge in [0.25, 0.3) is 0 Å². The molecule has 0 bridgehead atoms. The van der Waals surface area contributed by atoms with E-state index < -0.39 is 6.04 Å². The number of anilines is 1. The molecule has 9 heteroatoms. The van der Waals surface area contributed by atoms with Gasteiger partial charge in [-0.1, -0.05) is 36.7 Å². The average molecular weight is 355 g/mol. The molecule has 0 saturated carbocycles. The van der Waals surface area contributed by atoms with Crippen molar-refractivity contribution in [3.05, 3.63) is 42.0 Å². The van der Waals surface area contributed by atoms with Crippen molar-refractivity contribution in [1.29, 1.82) is 0 Å². The monoisotopic (exact) mass is 355 g/mol. The number of nitrogens with zero attached hydrogens (tertiary/aromatic N) is 4. The number of benzene rings is 1. The number of urea groups is 1. The van der Waals surface area contributed by atoms with E-state index in [0.29, 0.717) is 35.6 Å². The summed E-state index contributed by atoms with van der Waals surface area (Å²) in [4.78, 5) is 20.7. The Morgan fingerprint density at radius 1 is 1.27 bits per heavy atom. The smallest absolute Gasteiger partial charge is 0.319 e. The highest BCUT2D eigenvalue weighted by molar-refractivity contribution is 5.89. The molecular weight excluding hydrogens is 334 g/mol. The number of H-pyrrole nitrogens is 1. The zero-order valence-electron chi connectivity index (χ0n) is 14.9. The number of hydrogen-bond acceptors (Lipinski definition) is 6. The number of rotatable bonds is 6. The topological polar surface area (TPSA) is 122 Å². The van der Waals surface area contributed by atoms with Gasteiger partial charge in [0.15, 0.2) is 5.82 Å². The number of aryl methyl sites for hydroxylation is 1. The van der Waals surface area contributed by atoms with Gasteiger partial charge < -0.3 is 15.2 Å². The molecule has 1 atom stereocenters. The molecule has 3 N–H and O–H groups in total. The van der Waals surface area contributed by atoms with Gasteiger partial charge in [-0.3, -0.25) is 5.10 Å². The molecule has 2 amide bonds. The molecule has 0 aliphatic rings. The van der Waals surface area contributed by atoms with E-state index >= 15 is 0 Å². The Labute approximate surface area is 150 Å². The number of nitrogens with one attached hydrogen (secondary N) is 3. The molecule has 2 heterocycles. The van der Waals surface area contributed by atoms with E-state index in [1.54, 1.807) is 0 Å². The van der Waals surface area contributed by atoms with E-state index in [0.717, 1.165) is 5.56 Å². The lowest BCUT2D eigenvalue weighted by Gasteiger charge is -2.17. The Bertz CT molecular complexity index is 840. The summed E-state index contributed by atoms with van der Waals surface area (Å²) >= 11 is 0. The third-order valence-electron chi connectivity index (χ3n) is 3.69. The summed E-state index contributed by atoms with van der Waals surface area (Å²) in [6, 6.07) is 6.82. The minimum absolute atomic E-state index is 0.298. The van der Waals surface area contributed by atoms with Crippen molar-refractivity contribution in [2.75, 3.05) is 5.32 Å². The standard InChI is InChI=1S/C17H21N7O2/c1-10(2)8-13(16-22-15(24-26-16)14-18-9-19-23-14)21-17(25)20-12-6-4-11(3)5-7-12/h4-7,9-10,13H,8H2,1-3H3,(H,18,19,23)(H2,20,21,25)/t13-/m1/s1. The number of aromatic amines is 1. The Hall–Kier alpha value is -3.23. The fraction of sp³-hybridized carbons (Fsp3) is 0.353. The van der Waals surface area contributed by atoms with Crippen LogP contribution in [0, 0.1) is 12.8 Å². The lowest BCUT2D eigenvalue weighted by atomic mass is 10.0. The van der Waals surface area contributed by atoms with Crippen LogP contribution in [0.5, 0.6) is 0 Å².